The standard InChI is InChI=1S/C16H22N2O/c1-4-5-9-14-13-10-7-6-8-11-15(13)18(3)16(14)12(2)17-19/h5,9H,2,4,6-8,10-11H2,1,3H3/b9-5-. The molecule has 0 saturated carbocycles. The molecular weight excluding hydrogens is 236 g/mol. The van der Waals surface area contributed by atoms with Crippen LogP contribution in [0, 0.1) is 4.91 Å². The van der Waals surface area contributed by atoms with Crippen molar-refractivity contribution in [2.45, 2.75) is 45.4 Å². The molecule has 0 N–H and O–H groups in total. The van der Waals surface area contributed by atoms with Crippen LogP contribution >= 0.6 is 0 Å². The zero-order chi connectivity index (χ0) is 13.8. The lowest BCUT2D eigenvalue weighted by Crippen LogP contribution is -2.00. The third kappa shape index (κ3) is 2.55. The summed E-state index contributed by atoms with van der Waals surface area (Å²) in [6.07, 6.45) is 11.2. The van der Waals surface area contributed by atoms with E-state index in [1.54, 1.807) is 0 Å². The highest BCUT2D eigenvalue weighted by Gasteiger charge is 2.22. The molecule has 0 bridgehead atoms. The normalized spacial score (nSPS) is 15.3. The van der Waals surface area contributed by atoms with Crippen molar-refractivity contribution >= 4 is 11.8 Å². The van der Waals surface area contributed by atoms with E-state index in [9.17, 15) is 4.91 Å². The summed E-state index contributed by atoms with van der Waals surface area (Å²) in [5.41, 5.74) is 5.14. The minimum atomic E-state index is 0.339. The Morgan fingerprint density at radius 1 is 1.37 bits per heavy atom. The third-order valence-electron chi connectivity index (χ3n) is 3.91. The molecule has 0 spiro atoms. The van der Waals surface area contributed by atoms with E-state index in [-0.39, 0.29) is 0 Å². The van der Waals surface area contributed by atoms with Crippen LogP contribution in [0.25, 0.3) is 11.8 Å². The van der Waals surface area contributed by atoms with Crippen LogP contribution in [-0.2, 0) is 19.9 Å². The summed E-state index contributed by atoms with van der Waals surface area (Å²) >= 11 is 0. The monoisotopic (exact) mass is 258 g/mol. The van der Waals surface area contributed by atoms with E-state index >= 15 is 0 Å². The van der Waals surface area contributed by atoms with Gasteiger partial charge in [0.2, 0.25) is 0 Å². The van der Waals surface area contributed by atoms with Gasteiger partial charge in [-0.1, -0.05) is 32.1 Å². The number of hydrogen-bond acceptors (Lipinski definition) is 2. The molecule has 1 aromatic heterocycles. The van der Waals surface area contributed by atoms with Gasteiger partial charge in [0.25, 0.3) is 0 Å². The van der Waals surface area contributed by atoms with Gasteiger partial charge >= 0.3 is 0 Å². The van der Waals surface area contributed by atoms with Crippen molar-refractivity contribution < 1.29 is 0 Å². The Labute approximate surface area is 115 Å². The molecule has 0 aromatic carbocycles. The fourth-order valence-electron chi connectivity index (χ4n) is 2.99. The summed E-state index contributed by atoms with van der Waals surface area (Å²) in [5.74, 6) is 0. The average molecular weight is 258 g/mol. The van der Waals surface area contributed by atoms with E-state index in [0.717, 1.165) is 30.5 Å². The summed E-state index contributed by atoms with van der Waals surface area (Å²) in [7, 11) is 2.03. The Morgan fingerprint density at radius 3 is 2.79 bits per heavy atom. The van der Waals surface area contributed by atoms with E-state index in [2.05, 4.69) is 35.4 Å². The first-order valence-electron chi connectivity index (χ1n) is 7.10. The number of hydrogen-bond donors (Lipinski definition) is 0. The van der Waals surface area contributed by atoms with Crippen LogP contribution < -0.4 is 0 Å². The predicted molar refractivity (Wildman–Crippen MR) is 80.8 cm³/mol. The molecule has 2 rings (SSSR count). The number of fused-ring (bicyclic) bond motifs is 1. The first-order valence-corrected chi connectivity index (χ1v) is 7.10. The van der Waals surface area contributed by atoms with Gasteiger partial charge in [0.15, 0.2) is 0 Å². The Hall–Kier alpha value is -1.64. The van der Waals surface area contributed by atoms with Gasteiger partial charge in [-0.3, -0.25) is 0 Å². The average Bonchev–Trinajstić information content (AvgIpc) is 2.61. The van der Waals surface area contributed by atoms with E-state index < -0.39 is 0 Å². The van der Waals surface area contributed by atoms with Gasteiger partial charge in [-0.25, -0.2) is 0 Å². The fourth-order valence-corrected chi connectivity index (χ4v) is 2.99. The molecule has 19 heavy (non-hydrogen) atoms. The van der Waals surface area contributed by atoms with E-state index in [0.29, 0.717) is 5.70 Å². The molecule has 0 fully saturated rings. The van der Waals surface area contributed by atoms with Crippen molar-refractivity contribution in [3.8, 4) is 0 Å². The van der Waals surface area contributed by atoms with Crippen LogP contribution in [0.15, 0.2) is 17.8 Å². The smallest absolute Gasteiger partial charge is 0.125 e. The lowest BCUT2D eigenvalue weighted by atomic mass is 10.0. The highest BCUT2D eigenvalue weighted by Crippen LogP contribution is 2.33. The molecule has 3 nitrogen and oxygen atoms in total. The van der Waals surface area contributed by atoms with E-state index in [1.807, 2.05) is 7.05 Å². The summed E-state index contributed by atoms with van der Waals surface area (Å²) in [5, 5.41) is 3.06. The first-order chi connectivity index (χ1) is 9.20. The topological polar surface area (TPSA) is 34.4 Å². The Balaban J connectivity index is 2.61. The molecule has 0 atom stereocenters. The second kappa shape index (κ2) is 6.00. The van der Waals surface area contributed by atoms with Crippen molar-refractivity contribution in [2.24, 2.45) is 12.2 Å². The van der Waals surface area contributed by atoms with Gasteiger partial charge in [0.05, 0.1) is 5.69 Å². The maximum Gasteiger partial charge on any atom is 0.125 e. The van der Waals surface area contributed by atoms with Gasteiger partial charge < -0.3 is 4.57 Å². The molecule has 0 unspecified atom stereocenters. The maximum absolute atomic E-state index is 10.9. The highest BCUT2D eigenvalue weighted by atomic mass is 16.3. The second-order valence-electron chi connectivity index (χ2n) is 5.16. The Morgan fingerprint density at radius 2 is 2.11 bits per heavy atom. The van der Waals surface area contributed by atoms with Crippen LogP contribution in [0.2, 0.25) is 0 Å². The molecule has 0 aliphatic heterocycles. The fraction of sp³-hybridized carbons (Fsp3) is 0.500. The Kier molecular flexibility index (Phi) is 4.35. The van der Waals surface area contributed by atoms with Crippen molar-refractivity contribution in [3.05, 3.63) is 40.1 Å². The van der Waals surface area contributed by atoms with Gasteiger partial charge in [0, 0.05) is 18.3 Å². The molecule has 1 aliphatic carbocycles. The predicted octanol–water partition coefficient (Wildman–Crippen LogP) is 4.45. The van der Waals surface area contributed by atoms with Gasteiger partial charge in [0.1, 0.15) is 5.70 Å². The number of allylic oxidation sites excluding steroid dienone is 1. The summed E-state index contributed by atoms with van der Waals surface area (Å²) in [4.78, 5) is 10.9. The van der Waals surface area contributed by atoms with Crippen molar-refractivity contribution in [2.75, 3.05) is 0 Å². The maximum atomic E-state index is 10.9. The minimum absolute atomic E-state index is 0.339. The van der Waals surface area contributed by atoms with Gasteiger partial charge in [-0.05, 0) is 42.8 Å². The minimum Gasteiger partial charge on any atom is -0.346 e. The van der Waals surface area contributed by atoms with Crippen LogP contribution in [0.1, 0.15) is 55.1 Å². The van der Waals surface area contributed by atoms with Crippen LogP contribution in [-0.4, -0.2) is 4.57 Å². The first kappa shape index (κ1) is 13.8. The number of nitroso groups, excluding NO2 is 1. The Bertz CT molecular complexity index is 523. The summed E-state index contributed by atoms with van der Waals surface area (Å²) in [6, 6.07) is 0. The molecular formula is C16H22N2O. The van der Waals surface area contributed by atoms with Crippen molar-refractivity contribution in [1.82, 2.24) is 4.57 Å². The molecule has 0 amide bonds. The molecule has 1 aliphatic rings. The quantitative estimate of drug-likeness (QED) is 0.580. The SMILES string of the molecule is C=C(N=O)c1c(/C=C\CC)c2c(n1C)CCCCC2. The molecule has 1 aromatic rings. The van der Waals surface area contributed by atoms with E-state index in [4.69, 9.17) is 0 Å². The summed E-state index contributed by atoms with van der Waals surface area (Å²) < 4.78 is 2.12. The molecule has 102 valence electrons. The molecule has 3 heteroatoms. The second-order valence-corrected chi connectivity index (χ2v) is 5.16. The van der Waals surface area contributed by atoms with Crippen LogP contribution in [0.3, 0.4) is 0 Å². The van der Waals surface area contributed by atoms with Gasteiger partial charge in [-0.2, -0.15) is 0 Å². The summed E-state index contributed by atoms with van der Waals surface area (Å²) in [6.45, 7) is 5.92. The lowest BCUT2D eigenvalue weighted by Gasteiger charge is -2.06. The zero-order valence-electron chi connectivity index (χ0n) is 11.9. The van der Waals surface area contributed by atoms with Crippen molar-refractivity contribution in [3.63, 3.8) is 0 Å². The van der Waals surface area contributed by atoms with Crippen LogP contribution in [0.4, 0.5) is 0 Å². The molecule has 0 saturated heterocycles. The molecule has 1 heterocycles. The lowest BCUT2D eigenvalue weighted by molar-refractivity contribution is 0.692. The number of rotatable bonds is 4. The van der Waals surface area contributed by atoms with Crippen LogP contribution in [0.5, 0.6) is 0 Å². The molecule has 0 radical (unpaired) electrons. The highest BCUT2D eigenvalue weighted by molar-refractivity contribution is 5.74. The zero-order valence-corrected chi connectivity index (χ0v) is 11.9. The van der Waals surface area contributed by atoms with E-state index in [1.165, 1.54) is 30.5 Å². The number of aromatic nitrogens is 1. The van der Waals surface area contributed by atoms with Crippen molar-refractivity contribution in [1.29, 1.82) is 0 Å². The van der Waals surface area contributed by atoms with Gasteiger partial charge in [-0.15, -0.1) is 4.91 Å². The largest absolute Gasteiger partial charge is 0.346 e. The number of nitrogens with zero attached hydrogens (tertiary/aromatic N) is 2. The third-order valence-corrected chi connectivity index (χ3v) is 3.91.